The quantitative estimate of drug-likeness (QED) is 0.822. The minimum Gasteiger partial charge on any atom is -0.492 e. The Bertz CT molecular complexity index is 361. The van der Waals surface area contributed by atoms with Gasteiger partial charge in [-0.1, -0.05) is 0 Å². The van der Waals surface area contributed by atoms with Crippen LogP contribution in [0.2, 0.25) is 0 Å². The maximum atomic E-state index is 11.0. The van der Waals surface area contributed by atoms with E-state index in [4.69, 9.17) is 9.84 Å². The maximum Gasteiger partial charge on any atom is 0.313 e. The Morgan fingerprint density at radius 3 is 2.73 bits per heavy atom. The van der Waals surface area contributed by atoms with Crippen molar-refractivity contribution in [2.45, 2.75) is 26.2 Å². The molecule has 82 valence electrons. The Kier molecular flexibility index (Phi) is 3.29. The van der Waals surface area contributed by atoms with Crippen LogP contribution in [0.3, 0.4) is 0 Å². The molecule has 0 atom stereocenters. The smallest absolute Gasteiger partial charge is 0.313 e. The number of aliphatic carboxylic acids is 1. The number of nitrogens with zero attached hydrogens (tertiary/aromatic N) is 1. The van der Waals surface area contributed by atoms with Gasteiger partial charge in [-0.2, -0.15) is 0 Å². The number of aromatic nitrogens is 1. The Hall–Kier alpha value is -1.58. The number of carbonyl (C=O) groups is 1. The number of carboxylic acid groups (broad SMARTS) is 1. The predicted molar refractivity (Wildman–Crippen MR) is 56.1 cm³/mol. The summed E-state index contributed by atoms with van der Waals surface area (Å²) in [5, 5.41) is 9.05. The van der Waals surface area contributed by atoms with Gasteiger partial charge < -0.3 is 9.84 Å². The Morgan fingerprint density at radius 1 is 1.53 bits per heavy atom. The number of carboxylic acids is 1. The molecule has 0 fully saturated rings. The highest BCUT2D eigenvalue weighted by Gasteiger charge is 2.30. The zero-order chi connectivity index (χ0) is 11.5. The topological polar surface area (TPSA) is 59.4 Å². The molecule has 0 saturated heterocycles. The van der Waals surface area contributed by atoms with Gasteiger partial charge in [-0.15, -0.1) is 0 Å². The van der Waals surface area contributed by atoms with Crippen LogP contribution in [0.25, 0.3) is 0 Å². The standard InChI is InChI=1S/C11H15NO3/c1-4-15-9-5-8(6-12-7-9)11(2,3)10(13)14/h5-7H,4H2,1-3H3,(H,13,14). The van der Waals surface area contributed by atoms with Crippen molar-refractivity contribution in [3.63, 3.8) is 0 Å². The van der Waals surface area contributed by atoms with Gasteiger partial charge in [0.05, 0.1) is 18.2 Å². The first-order valence-electron chi connectivity index (χ1n) is 4.80. The summed E-state index contributed by atoms with van der Waals surface area (Å²) in [6, 6.07) is 1.71. The minimum absolute atomic E-state index is 0.540. The highest BCUT2D eigenvalue weighted by molar-refractivity contribution is 5.80. The Labute approximate surface area is 88.9 Å². The molecule has 4 nitrogen and oxygen atoms in total. The van der Waals surface area contributed by atoms with E-state index in [-0.39, 0.29) is 0 Å². The van der Waals surface area contributed by atoms with Crippen LogP contribution in [0.4, 0.5) is 0 Å². The summed E-state index contributed by atoms with van der Waals surface area (Å²) in [7, 11) is 0. The van der Waals surface area contributed by atoms with Gasteiger partial charge in [-0.05, 0) is 32.4 Å². The normalized spacial score (nSPS) is 11.1. The first-order valence-corrected chi connectivity index (χ1v) is 4.80. The van der Waals surface area contributed by atoms with E-state index in [0.717, 1.165) is 0 Å². The number of hydrogen-bond donors (Lipinski definition) is 1. The molecule has 0 aliphatic carbocycles. The molecule has 0 aliphatic heterocycles. The number of rotatable bonds is 4. The highest BCUT2D eigenvalue weighted by atomic mass is 16.5. The summed E-state index contributed by atoms with van der Waals surface area (Å²) < 4.78 is 5.27. The van der Waals surface area contributed by atoms with E-state index in [0.29, 0.717) is 17.9 Å². The predicted octanol–water partition coefficient (Wildman–Crippen LogP) is 1.84. The summed E-state index contributed by atoms with van der Waals surface area (Å²) in [6.45, 7) is 5.69. The first kappa shape index (κ1) is 11.5. The van der Waals surface area contributed by atoms with Crippen molar-refractivity contribution in [1.29, 1.82) is 0 Å². The van der Waals surface area contributed by atoms with Crippen LogP contribution in [0.5, 0.6) is 5.75 Å². The van der Waals surface area contributed by atoms with Gasteiger partial charge in [0.25, 0.3) is 0 Å². The van der Waals surface area contributed by atoms with Crippen LogP contribution in [-0.4, -0.2) is 22.7 Å². The lowest BCUT2D eigenvalue weighted by Gasteiger charge is -2.19. The number of pyridine rings is 1. The number of hydrogen-bond acceptors (Lipinski definition) is 3. The van der Waals surface area contributed by atoms with Gasteiger partial charge in [0.2, 0.25) is 0 Å². The molecule has 0 spiro atoms. The van der Waals surface area contributed by atoms with Gasteiger partial charge >= 0.3 is 5.97 Å². The van der Waals surface area contributed by atoms with Gasteiger partial charge in [0.1, 0.15) is 5.75 Å². The highest BCUT2D eigenvalue weighted by Crippen LogP contribution is 2.25. The summed E-state index contributed by atoms with van der Waals surface area (Å²) in [5.74, 6) is -0.276. The fourth-order valence-corrected chi connectivity index (χ4v) is 1.13. The molecule has 0 saturated carbocycles. The molecular formula is C11H15NO3. The summed E-state index contributed by atoms with van der Waals surface area (Å²) in [5.41, 5.74) is -0.305. The van der Waals surface area contributed by atoms with Crippen molar-refractivity contribution < 1.29 is 14.6 Å². The van der Waals surface area contributed by atoms with Crippen LogP contribution < -0.4 is 4.74 Å². The molecule has 0 unspecified atom stereocenters. The average molecular weight is 209 g/mol. The third-order valence-electron chi connectivity index (χ3n) is 2.28. The minimum atomic E-state index is -0.944. The third-order valence-corrected chi connectivity index (χ3v) is 2.28. The molecular weight excluding hydrogens is 194 g/mol. The number of ether oxygens (including phenoxy) is 1. The van der Waals surface area contributed by atoms with Crippen LogP contribution in [-0.2, 0) is 10.2 Å². The Morgan fingerprint density at radius 2 is 2.20 bits per heavy atom. The van der Waals surface area contributed by atoms with Crippen molar-refractivity contribution in [1.82, 2.24) is 4.98 Å². The molecule has 0 aliphatic rings. The van der Waals surface area contributed by atoms with E-state index < -0.39 is 11.4 Å². The molecule has 1 rings (SSSR count). The van der Waals surface area contributed by atoms with Gasteiger partial charge in [-0.25, -0.2) is 0 Å². The second-order valence-corrected chi connectivity index (χ2v) is 3.77. The second kappa shape index (κ2) is 4.29. The average Bonchev–Trinajstić information content (AvgIpc) is 2.18. The van der Waals surface area contributed by atoms with Crippen LogP contribution >= 0.6 is 0 Å². The summed E-state index contributed by atoms with van der Waals surface area (Å²) in [4.78, 5) is 15.0. The summed E-state index contributed by atoms with van der Waals surface area (Å²) in [6.07, 6.45) is 3.13. The first-order chi connectivity index (χ1) is 6.98. The van der Waals surface area contributed by atoms with E-state index in [2.05, 4.69) is 4.98 Å². The maximum absolute atomic E-state index is 11.0. The molecule has 0 aromatic carbocycles. The van der Waals surface area contributed by atoms with E-state index in [1.54, 1.807) is 32.3 Å². The van der Waals surface area contributed by atoms with E-state index >= 15 is 0 Å². The largest absolute Gasteiger partial charge is 0.492 e. The molecule has 0 radical (unpaired) electrons. The third kappa shape index (κ3) is 2.46. The second-order valence-electron chi connectivity index (χ2n) is 3.77. The molecule has 1 heterocycles. The van der Waals surface area contributed by atoms with Crippen LogP contribution in [0.1, 0.15) is 26.3 Å². The fourth-order valence-electron chi connectivity index (χ4n) is 1.13. The van der Waals surface area contributed by atoms with Crippen molar-refractivity contribution in [2.75, 3.05) is 6.61 Å². The van der Waals surface area contributed by atoms with Crippen molar-refractivity contribution in [2.24, 2.45) is 0 Å². The van der Waals surface area contributed by atoms with Gasteiger partial charge in [0.15, 0.2) is 0 Å². The zero-order valence-electron chi connectivity index (χ0n) is 9.15. The molecule has 0 amide bonds. The summed E-state index contributed by atoms with van der Waals surface area (Å²) >= 11 is 0. The molecule has 1 N–H and O–H groups in total. The fraction of sp³-hybridized carbons (Fsp3) is 0.455. The van der Waals surface area contributed by atoms with Crippen molar-refractivity contribution in [3.05, 3.63) is 24.0 Å². The lowest BCUT2D eigenvalue weighted by molar-refractivity contribution is -0.142. The lowest BCUT2D eigenvalue weighted by Crippen LogP contribution is -2.28. The molecule has 4 heteroatoms. The zero-order valence-corrected chi connectivity index (χ0v) is 9.15. The van der Waals surface area contributed by atoms with Crippen LogP contribution in [0.15, 0.2) is 18.5 Å². The Balaban J connectivity index is 3.04. The molecule has 1 aromatic rings. The van der Waals surface area contributed by atoms with Crippen molar-refractivity contribution in [3.8, 4) is 5.75 Å². The van der Waals surface area contributed by atoms with E-state index in [1.807, 2.05) is 6.92 Å². The van der Waals surface area contributed by atoms with Crippen molar-refractivity contribution >= 4 is 5.97 Å². The van der Waals surface area contributed by atoms with Crippen LogP contribution in [0, 0.1) is 0 Å². The van der Waals surface area contributed by atoms with E-state index in [9.17, 15) is 4.79 Å². The monoisotopic (exact) mass is 209 g/mol. The van der Waals surface area contributed by atoms with Gasteiger partial charge in [-0.3, -0.25) is 9.78 Å². The molecule has 1 aromatic heterocycles. The molecule has 15 heavy (non-hydrogen) atoms. The molecule has 0 bridgehead atoms. The van der Waals surface area contributed by atoms with E-state index in [1.165, 1.54) is 0 Å². The lowest BCUT2D eigenvalue weighted by atomic mass is 9.86. The van der Waals surface area contributed by atoms with Gasteiger partial charge in [0, 0.05) is 6.20 Å². The SMILES string of the molecule is CCOc1cncc(C(C)(C)C(=O)O)c1.